The molecule has 0 radical (unpaired) electrons. The van der Waals surface area contributed by atoms with Crippen molar-refractivity contribution >= 4 is 5.91 Å². The van der Waals surface area contributed by atoms with Crippen molar-refractivity contribution in [2.24, 2.45) is 0 Å². The molecule has 2 nitrogen and oxygen atoms in total. The molecule has 1 aromatic rings. The van der Waals surface area contributed by atoms with E-state index < -0.39 is 40.6 Å². The van der Waals surface area contributed by atoms with E-state index in [1.165, 1.54) is 19.9 Å². The third-order valence-electron chi connectivity index (χ3n) is 2.18. The smallest absolute Gasteiger partial charge is 0.261 e. The molecule has 0 atom stereocenters. The summed E-state index contributed by atoms with van der Waals surface area (Å²) in [6, 6.07) is 0. The predicted octanol–water partition coefficient (Wildman–Crippen LogP) is 3.04. The van der Waals surface area contributed by atoms with Crippen LogP contribution in [0.2, 0.25) is 0 Å². The zero-order valence-electron chi connectivity index (χ0n) is 9.38. The number of carbonyl (C=O) groups excluding carboxylic acids is 1. The maximum Gasteiger partial charge on any atom is 0.261 e. The first-order valence-electron chi connectivity index (χ1n) is 4.77. The van der Waals surface area contributed by atoms with Crippen molar-refractivity contribution in [3.05, 3.63) is 46.4 Å². The number of benzene rings is 1. The van der Waals surface area contributed by atoms with Gasteiger partial charge in [-0.15, -0.1) is 0 Å². The molecule has 0 aliphatic heterocycles. The highest BCUT2D eigenvalue weighted by molar-refractivity contribution is 5.95. The van der Waals surface area contributed by atoms with Crippen molar-refractivity contribution in [2.45, 2.75) is 13.8 Å². The SMILES string of the molecule is C/C=C(\C)NC(=O)c1c(F)c(F)c(F)c(F)c1F. The Morgan fingerprint density at radius 2 is 1.33 bits per heavy atom. The Bertz CT molecular complexity index is 510. The van der Waals surface area contributed by atoms with Crippen LogP contribution in [0, 0.1) is 29.1 Å². The molecule has 0 heterocycles. The molecule has 0 unspecified atom stereocenters. The van der Waals surface area contributed by atoms with E-state index >= 15 is 0 Å². The van der Waals surface area contributed by atoms with Crippen LogP contribution in [0.3, 0.4) is 0 Å². The molecule has 0 saturated heterocycles. The largest absolute Gasteiger partial charge is 0.326 e. The Morgan fingerprint density at radius 1 is 0.944 bits per heavy atom. The van der Waals surface area contributed by atoms with E-state index in [1.54, 1.807) is 0 Å². The fraction of sp³-hybridized carbons (Fsp3) is 0.182. The van der Waals surface area contributed by atoms with Crippen LogP contribution in [-0.4, -0.2) is 5.91 Å². The van der Waals surface area contributed by atoms with Crippen LogP contribution < -0.4 is 5.32 Å². The van der Waals surface area contributed by atoms with Crippen LogP contribution >= 0.6 is 0 Å². The summed E-state index contributed by atoms with van der Waals surface area (Å²) >= 11 is 0. The summed E-state index contributed by atoms with van der Waals surface area (Å²) in [5, 5.41) is 1.99. The highest BCUT2D eigenvalue weighted by atomic mass is 19.2. The molecule has 0 saturated carbocycles. The van der Waals surface area contributed by atoms with Crippen LogP contribution in [0.5, 0.6) is 0 Å². The Labute approximate surface area is 99.1 Å². The van der Waals surface area contributed by atoms with Gasteiger partial charge in [-0.2, -0.15) is 0 Å². The monoisotopic (exact) mass is 265 g/mol. The molecule has 1 N–H and O–H groups in total. The molecular formula is C11H8F5NO. The van der Waals surface area contributed by atoms with Crippen molar-refractivity contribution in [3.63, 3.8) is 0 Å². The van der Waals surface area contributed by atoms with Gasteiger partial charge in [0.1, 0.15) is 5.56 Å². The minimum absolute atomic E-state index is 0.212. The van der Waals surface area contributed by atoms with Crippen LogP contribution in [-0.2, 0) is 0 Å². The summed E-state index contributed by atoms with van der Waals surface area (Å²) in [5.74, 6) is -12.3. The first-order valence-corrected chi connectivity index (χ1v) is 4.77. The standard InChI is InChI=1S/C11H8F5NO/c1-3-4(2)17-11(18)5-6(12)8(14)10(16)9(15)7(5)13/h3H,1-2H3,(H,17,18)/b4-3+. The van der Waals surface area contributed by atoms with Gasteiger partial charge < -0.3 is 5.32 Å². The van der Waals surface area contributed by atoms with E-state index in [2.05, 4.69) is 0 Å². The molecule has 7 heteroatoms. The molecule has 18 heavy (non-hydrogen) atoms. The number of halogens is 5. The number of amides is 1. The summed E-state index contributed by atoms with van der Waals surface area (Å²) in [6.07, 6.45) is 1.39. The molecule has 0 aliphatic carbocycles. The molecule has 98 valence electrons. The molecule has 0 fully saturated rings. The fourth-order valence-electron chi connectivity index (χ4n) is 1.12. The molecule has 1 aromatic carbocycles. The highest BCUT2D eigenvalue weighted by Crippen LogP contribution is 2.23. The number of hydrogen-bond acceptors (Lipinski definition) is 1. The lowest BCUT2D eigenvalue weighted by atomic mass is 10.1. The van der Waals surface area contributed by atoms with E-state index in [-0.39, 0.29) is 5.70 Å². The number of nitrogens with one attached hydrogen (secondary N) is 1. The minimum Gasteiger partial charge on any atom is -0.326 e. The number of rotatable bonds is 2. The highest BCUT2D eigenvalue weighted by Gasteiger charge is 2.29. The maximum absolute atomic E-state index is 13.2. The van der Waals surface area contributed by atoms with Gasteiger partial charge in [-0.3, -0.25) is 4.79 Å². The quantitative estimate of drug-likeness (QED) is 0.497. The van der Waals surface area contributed by atoms with Crippen LogP contribution in [0.4, 0.5) is 22.0 Å². The Kier molecular flexibility index (Phi) is 4.05. The lowest BCUT2D eigenvalue weighted by Crippen LogP contribution is -2.25. The van der Waals surface area contributed by atoms with Gasteiger partial charge in [0, 0.05) is 5.70 Å². The number of carbonyl (C=O) groups is 1. The lowest BCUT2D eigenvalue weighted by Gasteiger charge is -2.08. The van der Waals surface area contributed by atoms with Gasteiger partial charge >= 0.3 is 0 Å². The summed E-state index contributed by atoms with van der Waals surface area (Å²) in [4.78, 5) is 11.4. The van der Waals surface area contributed by atoms with Crippen molar-refractivity contribution in [3.8, 4) is 0 Å². The van der Waals surface area contributed by atoms with E-state index in [9.17, 15) is 26.7 Å². The molecular weight excluding hydrogens is 257 g/mol. The van der Waals surface area contributed by atoms with Crippen molar-refractivity contribution in [1.82, 2.24) is 5.32 Å². The maximum atomic E-state index is 13.2. The molecule has 0 aromatic heterocycles. The van der Waals surface area contributed by atoms with Crippen molar-refractivity contribution in [1.29, 1.82) is 0 Å². The average molecular weight is 265 g/mol. The zero-order chi connectivity index (χ0) is 14.0. The van der Waals surface area contributed by atoms with Gasteiger partial charge in [0.2, 0.25) is 5.82 Å². The van der Waals surface area contributed by atoms with Crippen LogP contribution in [0.1, 0.15) is 24.2 Å². The fourth-order valence-corrected chi connectivity index (χ4v) is 1.12. The molecule has 0 aliphatic rings. The molecule has 1 rings (SSSR count). The summed E-state index contributed by atoms with van der Waals surface area (Å²) in [7, 11) is 0. The Morgan fingerprint density at radius 3 is 1.72 bits per heavy atom. The Balaban J connectivity index is 3.38. The zero-order valence-corrected chi connectivity index (χ0v) is 9.38. The van der Waals surface area contributed by atoms with E-state index in [0.29, 0.717) is 0 Å². The first-order chi connectivity index (χ1) is 8.31. The molecule has 1 amide bonds. The molecule has 0 spiro atoms. The number of allylic oxidation sites excluding steroid dienone is 2. The van der Waals surface area contributed by atoms with Crippen LogP contribution in [0.15, 0.2) is 11.8 Å². The lowest BCUT2D eigenvalue weighted by molar-refractivity contribution is 0.0954. The summed E-state index contributed by atoms with van der Waals surface area (Å²) < 4.78 is 64.8. The third-order valence-corrected chi connectivity index (χ3v) is 2.18. The predicted molar refractivity (Wildman–Crippen MR) is 53.1 cm³/mol. The van der Waals surface area contributed by atoms with Crippen molar-refractivity contribution in [2.75, 3.05) is 0 Å². The second-order valence-corrected chi connectivity index (χ2v) is 3.37. The second-order valence-electron chi connectivity index (χ2n) is 3.37. The molecule has 0 bridgehead atoms. The van der Waals surface area contributed by atoms with Crippen LogP contribution in [0.25, 0.3) is 0 Å². The minimum atomic E-state index is -2.30. The Hall–Kier alpha value is -1.92. The summed E-state index contributed by atoms with van der Waals surface area (Å²) in [6.45, 7) is 2.91. The van der Waals surface area contributed by atoms with Gasteiger partial charge in [-0.1, -0.05) is 6.08 Å². The van der Waals surface area contributed by atoms with Gasteiger partial charge in [-0.05, 0) is 13.8 Å². The van der Waals surface area contributed by atoms with Crippen molar-refractivity contribution < 1.29 is 26.7 Å². The second kappa shape index (κ2) is 5.16. The van der Waals surface area contributed by atoms with Gasteiger partial charge in [0.05, 0.1) is 0 Å². The van der Waals surface area contributed by atoms with Gasteiger partial charge in [0.25, 0.3) is 5.91 Å². The van der Waals surface area contributed by atoms with Gasteiger partial charge in [0.15, 0.2) is 23.3 Å². The average Bonchev–Trinajstić information content (AvgIpc) is 2.34. The normalized spacial score (nSPS) is 11.6. The van der Waals surface area contributed by atoms with Gasteiger partial charge in [-0.25, -0.2) is 22.0 Å². The number of hydrogen-bond donors (Lipinski definition) is 1. The first kappa shape index (κ1) is 14.1. The van der Waals surface area contributed by atoms with E-state index in [0.717, 1.165) is 0 Å². The van der Waals surface area contributed by atoms with E-state index in [4.69, 9.17) is 0 Å². The summed E-state index contributed by atoms with van der Waals surface area (Å²) in [5.41, 5.74) is -1.29. The third kappa shape index (κ3) is 2.34. The topological polar surface area (TPSA) is 29.1 Å². The van der Waals surface area contributed by atoms with E-state index in [1.807, 2.05) is 5.32 Å².